The number of hydrogen-bond acceptors (Lipinski definition) is 7. The highest BCUT2D eigenvalue weighted by molar-refractivity contribution is 7.92. The molecule has 1 saturated heterocycles. The van der Waals surface area contributed by atoms with Gasteiger partial charge in [0, 0.05) is 24.6 Å². The van der Waals surface area contributed by atoms with Crippen molar-refractivity contribution in [3.05, 3.63) is 52.8 Å². The van der Waals surface area contributed by atoms with Crippen molar-refractivity contribution in [2.24, 2.45) is 5.92 Å². The van der Waals surface area contributed by atoms with Crippen LogP contribution in [0.1, 0.15) is 47.2 Å². The maximum atomic E-state index is 14.1. The molecular formula is C25H29FN2O6S. The zero-order chi connectivity index (χ0) is 24.7. The highest BCUT2D eigenvalue weighted by Crippen LogP contribution is 2.55. The first kappa shape index (κ1) is 24.0. The summed E-state index contributed by atoms with van der Waals surface area (Å²) in [6.07, 6.45) is 1.77. The first-order valence-electron chi connectivity index (χ1n) is 11.8. The van der Waals surface area contributed by atoms with Gasteiger partial charge in [0.05, 0.1) is 37.0 Å². The van der Waals surface area contributed by atoms with Crippen molar-refractivity contribution in [2.75, 3.05) is 38.1 Å². The number of ether oxygens (including phenoxy) is 3. The second-order valence-corrected chi connectivity index (χ2v) is 10.9. The predicted molar refractivity (Wildman–Crippen MR) is 127 cm³/mol. The molecule has 1 N–H and O–H groups in total. The Kier molecular flexibility index (Phi) is 6.45. The van der Waals surface area contributed by atoms with E-state index in [2.05, 4.69) is 16.5 Å². The summed E-state index contributed by atoms with van der Waals surface area (Å²) in [5.41, 5.74) is 1.20. The molecule has 0 unspecified atom stereocenters. The van der Waals surface area contributed by atoms with Crippen LogP contribution in [-0.2, 0) is 26.1 Å². The van der Waals surface area contributed by atoms with E-state index < -0.39 is 21.8 Å². The molecule has 188 valence electrons. The van der Waals surface area contributed by atoms with Crippen LogP contribution in [0.15, 0.2) is 35.2 Å². The van der Waals surface area contributed by atoms with Crippen molar-refractivity contribution in [3.8, 4) is 5.75 Å². The van der Waals surface area contributed by atoms with Gasteiger partial charge in [-0.3, -0.25) is 4.72 Å². The van der Waals surface area contributed by atoms with Gasteiger partial charge in [-0.2, -0.15) is 0 Å². The third-order valence-corrected chi connectivity index (χ3v) is 8.51. The van der Waals surface area contributed by atoms with Crippen LogP contribution < -0.4 is 9.46 Å². The predicted octanol–water partition coefficient (Wildman–Crippen LogP) is 3.52. The standard InChI is InChI=1S/C25H29FN2O6S/c1-3-28-9-8-18(12-28)33-14-16-10-17(26)4-7-22(16)35(30,31)27-21-6-5-19-20-11-15(20)13-34-24(19)23(21)25(29)32-2/h4-7,10,15,18,20,27H,3,8-9,11-14H2,1-2H3/t15-,18-,20-/m0/s1. The number of likely N-dealkylation sites (tertiary alicyclic amines) is 1. The molecule has 0 radical (unpaired) electrons. The third kappa shape index (κ3) is 4.74. The summed E-state index contributed by atoms with van der Waals surface area (Å²) in [6, 6.07) is 6.83. The van der Waals surface area contributed by atoms with E-state index in [1.54, 1.807) is 12.1 Å². The van der Waals surface area contributed by atoms with Crippen LogP contribution in [0, 0.1) is 11.7 Å². The molecule has 5 rings (SSSR count). The molecule has 1 aliphatic carbocycles. The largest absolute Gasteiger partial charge is 0.492 e. The van der Waals surface area contributed by atoms with E-state index in [1.165, 1.54) is 19.2 Å². The van der Waals surface area contributed by atoms with Gasteiger partial charge in [0.15, 0.2) is 0 Å². The molecule has 2 heterocycles. The van der Waals surface area contributed by atoms with Gasteiger partial charge in [-0.25, -0.2) is 17.6 Å². The molecular weight excluding hydrogens is 475 g/mol. The van der Waals surface area contributed by atoms with Crippen LogP contribution in [0.5, 0.6) is 5.75 Å². The highest BCUT2D eigenvalue weighted by atomic mass is 32.2. The lowest BCUT2D eigenvalue weighted by Crippen LogP contribution is -2.23. The Bertz CT molecular complexity index is 1250. The topological polar surface area (TPSA) is 94.2 Å². The minimum absolute atomic E-state index is 0.0447. The summed E-state index contributed by atoms with van der Waals surface area (Å²) in [4.78, 5) is 14.8. The van der Waals surface area contributed by atoms with Gasteiger partial charge in [-0.15, -0.1) is 0 Å². The number of likely N-dealkylation sites (N-methyl/N-ethyl adjacent to an activating group) is 1. The summed E-state index contributed by atoms with van der Waals surface area (Å²) in [5, 5.41) is 0. The Morgan fingerprint density at radius 1 is 1.29 bits per heavy atom. The number of nitrogens with one attached hydrogen (secondary N) is 1. The second kappa shape index (κ2) is 9.40. The monoisotopic (exact) mass is 504 g/mol. The molecule has 3 aliphatic rings. The van der Waals surface area contributed by atoms with E-state index in [9.17, 15) is 17.6 Å². The SMILES string of the molecule is CCN1CC[C@H](OCc2cc(F)ccc2S(=O)(=O)Nc2ccc3c(c2C(=O)OC)OC[C@@H]2C[C@H]32)C1. The Balaban J connectivity index is 1.43. The number of carbonyl (C=O) groups excluding carboxylic acids is 1. The van der Waals surface area contributed by atoms with Gasteiger partial charge in [0.25, 0.3) is 10.0 Å². The molecule has 10 heteroatoms. The maximum Gasteiger partial charge on any atom is 0.343 e. The lowest BCUT2D eigenvalue weighted by Gasteiger charge is -2.22. The van der Waals surface area contributed by atoms with Gasteiger partial charge in [0.1, 0.15) is 17.1 Å². The van der Waals surface area contributed by atoms with E-state index in [0.717, 1.165) is 44.1 Å². The molecule has 2 aliphatic heterocycles. The van der Waals surface area contributed by atoms with Gasteiger partial charge in [0.2, 0.25) is 0 Å². The lowest BCUT2D eigenvalue weighted by molar-refractivity contribution is 0.0457. The summed E-state index contributed by atoms with van der Waals surface area (Å²) < 4.78 is 60.2. The number of hydrogen-bond donors (Lipinski definition) is 1. The molecule has 0 bridgehead atoms. The van der Waals surface area contributed by atoms with Crippen molar-refractivity contribution < 1.29 is 31.8 Å². The van der Waals surface area contributed by atoms with Crippen LogP contribution in [0.2, 0.25) is 0 Å². The number of carbonyl (C=O) groups is 1. The lowest BCUT2D eigenvalue weighted by atomic mass is 10.0. The number of halogens is 1. The number of sulfonamides is 1. The average Bonchev–Trinajstić information content (AvgIpc) is 3.50. The van der Waals surface area contributed by atoms with Gasteiger partial charge in [-0.1, -0.05) is 13.0 Å². The number of methoxy groups -OCH3 is 1. The van der Waals surface area contributed by atoms with Crippen molar-refractivity contribution >= 4 is 21.7 Å². The molecule has 0 amide bonds. The third-order valence-electron chi connectivity index (χ3n) is 7.05. The second-order valence-electron chi connectivity index (χ2n) is 9.28. The van der Waals surface area contributed by atoms with Crippen molar-refractivity contribution in [1.82, 2.24) is 4.90 Å². The van der Waals surface area contributed by atoms with Crippen LogP contribution in [0.25, 0.3) is 0 Å². The van der Waals surface area contributed by atoms with E-state index in [-0.39, 0.29) is 34.4 Å². The van der Waals surface area contributed by atoms with Crippen LogP contribution in [0.3, 0.4) is 0 Å². The molecule has 2 aromatic rings. The van der Waals surface area contributed by atoms with E-state index in [4.69, 9.17) is 14.2 Å². The van der Waals surface area contributed by atoms with Crippen molar-refractivity contribution in [3.63, 3.8) is 0 Å². The Morgan fingerprint density at radius 3 is 2.86 bits per heavy atom. The number of fused-ring (bicyclic) bond motifs is 3. The Labute approximate surface area is 204 Å². The van der Waals surface area contributed by atoms with Crippen molar-refractivity contribution in [1.29, 1.82) is 0 Å². The molecule has 3 atom stereocenters. The molecule has 1 saturated carbocycles. The summed E-state index contributed by atoms with van der Waals surface area (Å²) in [7, 11) is -2.95. The maximum absolute atomic E-state index is 14.1. The number of esters is 1. The number of benzene rings is 2. The summed E-state index contributed by atoms with van der Waals surface area (Å²) >= 11 is 0. The van der Waals surface area contributed by atoms with Crippen LogP contribution in [0.4, 0.5) is 10.1 Å². The normalized spacial score (nSPS) is 23.2. The van der Waals surface area contributed by atoms with Gasteiger partial charge >= 0.3 is 5.97 Å². The minimum atomic E-state index is -4.19. The van der Waals surface area contributed by atoms with E-state index in [0.29, 0.717) is 24.2 Å². The fourth-order valence-electron chi connectivity index (χ4n) is 4.99. The zero-order valence-electron chi connectivity index (χ0n) is 19.8. The van der Waals surface area contributed by atoms with Crippen molar-refractivity contribution in [2.45, 2.75) is 43.3 Å². The molecule has 2 fully saturated rings. The van der Waals surface area contributed by atoms with Gasteiger partial charge < -0.3 is 19.1 Å². The molecule has 35 heavy (non-hydrogen) atoms. The Morgan fingerprint density at radius 2 is 2.11 bits per heavy atom. The summed E-state index contributed by atoms with van der Waals surface area (Å²) in [5.74, 6) is -0.141. The smallest absolute Gasteiger partial charge is 0.343 e. The fraction of sp³-hybridized carbons (Fsp3) is 0.480. The average molecular weight is 505 g/mol. The fourth-order valence-corrected chi connectivity index (χ4v) is 6.27. The molecule has 2 aromatic carbocycles. The van der Waals surface area contributed by atoms with Crippen LogP contribution >= 0.6 is 0 Å². The molecule has 0 aromatic heterocycles. The summed E-state index contributed by atoms with van der Waals surface area (Å²) in [6.45, 7) is 5.09. The first-order chi connectivity index (χ1) is 16.8. The molecule has 0 spiro atoms. The first-order valence-corrected chi connectivity index (χ1v) is 13.3. The highest BCUT2D eigenvalue weighted by Gasteiger charge is 2.45. The number of rotatable bonds is 8. The molecule has 8 nitrogen and oxygen atoms in total. The van der Waals surface area contributed by atoms with Crippen LogP contribution in [-0.4, -0.2) is 58.7 Å². The minimum Gasteiger partial charge on any atom is -0.492 e. The zero-order valence-corrected chi connectivity index (χ0v) is 20.6. The quantitative estimate of drug-likeness (QED) is 0.550. The van der Waals surface area contributed by atoms with E-state index in [1.807, 2.05) is 0 Å². The Hall–Kier alpha value is -2.69. The van der Waals surface area contributed by atoms with E-state index >= 15 is 0 Å². The number of anilines is 1. The van der Waals surface area contributed by atoms with Gasteiger partial charge in [-0.05, 0) is 55.1 Å². The number of nitrogens with zero attached hydrogens (tertiary/aromatic N) is 1.